The first-order chi connectivity index (χ1) is 17.3. The highest BCUT2D eigenvalue weighted by molar-refractivity contribution is 7.93. The Bertz CT molecular complexity index is 1430. The number of likely N-dealkylation sites (tertiary alicyclic amines) is 1. The van der Waals surface area contributed by atoms with Gasteiger partial charge >= 0.3 is 6.43 Å². The molecule has 0 N–H and O–H groups in total. The molecule has 0 radical (unpaired) electrons. The van der Waals surface area contributed by atoms with E-state index in [9.17, 15) is 17.2 Å². The van der Waals surface area contributed by atoms with E-state index in [0.717, 1.165) is 19.6 Å². The molecule has 0 unspecified atom stereocenters. The Kier molecular flexibility index (Phi) is 6.71. The van der Waals surface area contributed by atoms with E-state index in [2.05, 4.69) is 27.0 Å². The number of pyridine rings is 1. The number of alkyl halides is 2. The fraction of sp³-hybridized carbons (Fsp3) is 0.375. The number of benzene rings is 1. The largest absolute Gasteiger partial charge is 0.415 e. The third-order valence-corrected chi connectivity index (χ3v) is 8.71. The van der Waals surface area contributed by atoms with Crippen molar-refractivity contribution in [3.05, 3.63) is 66.4 Å². The van der Waals surface area contributed by atoms with E-state index in [1.165, 1.54) is 4.31 Å². The number of hydrogen-bond donors (Lipinski definition) is 0. The van der Waals surface area contributed by atoms with Gasteiger partial charge in [0, 0.05) is 18.0 Å². The van der Waals surface area contributed by atoms with Crippen molar-refractivity contribution in [2.75, 3.05) is 23.9 Å². The molecule has 1 aliphatic heterocycles. The van der Waals surface area contributed by atoms with Gasteiger partial charge < -0.3 is 13.7 Å². The zero-order valence-corrected chi connectivity index (χ0v) is 20.5. The minimum atomic E-state index is -3.65. The lowest BCUT2D eigenvalue weighted by atomic mass is 10.1. The molecular weight excluding hydrogens is 490 g/mol. The summed E-state index contributed by atoms with van der Waals surface area (Å²) in [5, 5.41) is 6.57. The quantitative estimate of drug-likeness (QED) is 0.347. The van der Waals surface area contributed by atoms with Crippen LogP contribution in [0.25, 0.3) is 17.1 Å². The molecule has 3 aromatic heterocycles. The van der Waals surface area contributed by atoms with Crippen molar-refractivity contribution in [2.24, 2.45) is 0 Å². The van der Waals surface area contributed by atoms with Gasteiger partial charge in [0.25, 0.3) is 5.89 Å². The van der Waals surface area contributed by atoms with Crippen LogP contribution < -0.4 is 4.31 Å². The van der Waals surface area contributed by atoms with Gasteiger partial charge in [-0.3, -0.25) is 4.31 Å². The van der Waals surface area contributed by atoms with Crippen LogP contribution in [0.3, 0.4) is 0 Å². The van der Waals surface area contributed by atoms with Crippen molar-refractivity contribution >= 4 is 21.4 Å². The average Bonchev–Trinajstić information content (AvgIpc) is 3.54. The van der Waals surface area contributed by atoms with Crippen molar-refractivity contribution in [1.29, 1.82) is 0 Å². The number of aromatic nitrogens is 4. The van der Waals surface area contributed by atoms with Crippen LogP contribution in [-0.4, -0.2) is 57.8 Å². The topological polar surface area (TPSA) is 96.8 Å². The van der Waals surface area contributed by atoms with Gasteiger partial charge in [0.1, 0.15) is 5.65 Å². The molecule has 1 aliphatic rings. The van der Waals surface area contributed by atoms with Gasteiger partial charge in [-0.2, -0.15) is 8.78 Å². The molecule has 0 saturated carbocycles. The molecule has 4 aromatic rings. The summed E-state index contributed by atoms with van der Waals surface area (Å²) in [6.07, 6.45) is 1.75. The van der Waals surface area contributed by atoms with Crippen molar-refractivity contribution < 1.29 is 21.6 Å². The number of sulfonamides is 1. The van der Waals surface area contributed by atoms with Crippen LogP contribution in [-0.2, 0) is 16.6 Å². The van der Waals surface area contributed by atoms with Crippen molar-refractivity contribution in [3.63, 3.8) is 0 Å². The summed E-state index contributed by atoms with van der Waals surface area (Å²) < 4.78 is 61.4. The van der Waals surface area contributed by atoms with Gasteiger partial charge in [0.2, 0.25) is 15.9 Å². The number of anilines is 1. The molecule has 190 valence electrons. The molecule has 0 atom stereocenters. The molecule has 12 heteroatoms. The monoisotopic (exact) mass is 516 g/mol. The highest BCUT2D eigenvalue weighted by Gasteiger charge is 2.35. The summed E-state index contributed by atoms with van der Waals surface area (Å²) in [7, 11) is -3.65. The van der Waals surface area contributed by atoms with Crippen LogP contribution in [0.15, 0.2) is 59.3 Å². The number of rotatable bonds is 8. The second-order valence-electron chi connectivity index (χ2n) is 8.68. The zero-order chi connectivity index (χ0) is 25.3. The third kappa shape index (κ3) is 4.82. The SMILES string of the molecule is CCN1CCC(S(=O)(=O)N(Cc2cn3ccc(-c4nnc(C(F)F)o4)cc3n2)c2ccccc2)CC1. The van der Waals surface area contributed by atoms with Crippen LogP contribution >= 0.6 is 0 Å². The van der Waals surface area contributed by atoms with Gasteiger partial charge in [-0.25, -0.2) is 13.4 Å². The van der Waals surface area contributed by atoms with Crippen LogP contribution in [0.2, 0.25) is 0 Å². The molecule has 4 heterocycles. The zero-order valence-electron chi connectivity index (χ0n) is 19.7. The first-order valence-electron chi connectivity index (χ1n) is 11.7. The molecule has 5 rings (SSSR count). The van der Waals surface area contributed by atoms with Crippen molar-refractivity contribution in [1.82, 2.24) is 24.5 Å². The van der Waals surface area contributed by atoms with E-state index in [4.69, 9.17) is 4.42 Å². The second kappa shape index (κ2) is 9.94. The number of piperidine rings is 1. The lowest BCUT2D eigenvalue weighted by Crippen LogP contribution is -2.45. The van der Waals surface area contributed by atoms with Crippen LogP contribution in [0.4, 0.5) is 14.5 Å². The van der Waals surface area contributed by atoms with E-state index in [1.807, 2.05) is 18.2 Å². The Hall–Kier alpha value is -3.38. The number of hydrogen-bond acceptors (Lipinski definition) is 7. The van der Waals surface area contributed by atoms with Crippen LogP contribution in [0, 0.1) is 0 Å². The predicted molar refractivity (Wildman–Crippen MR) is 130 cm³/mol. The molecule has 9 nitrogen and oxygen atoms in total. The van der Waals surface area contributed by atoms with E-state index in [-0.39, 0.29) is 12.4 Å². The molecule has 0 spiro atoms. The molecule has 1 saturated heterocycles. The lowest BCUT2D eigenvalue weighted by Gasteiger charge is -2.34. The second-order valence-corrected chi connectivity index (χ2v) is 10.8. The Balaban J connectivity index is 1.44. The van der Waals surface area contributed by atoms with E-state index < -0.39 is 27.6 Å². The van der Waals surface area contributed by atoms with E-state index in [1.54, 1.807) is 41.1 Å². The number of fused-ring (bicyclic) bond motifs is 1. The van der Waals surface area contributed by atoms with Gasteiger partial charge in [-0.1, -0.05) is 25.1 Å². The summed E-state index contributed by atoms with van der Waals surface area (Å²) in [5.74, 6) is -0.786. The Labute approximate surface area is 207 Å². The standard InChI is InChI=1S/C24H26F2N6O3S/c1-2-30-11-9-20(10-12-30)36(33,34)32(19-6-4-3-5-7-19)16-18-15-31-13-8-17(14-21(31)27-18)23-28-29-24(35-23)22(25)26/h3-8,13-15,20,22H,2,9-12,16H2,1H3. The van der Waals surface area contributed by atoms with Crippen LogP contribution in [0.5, 0.6) is 0 Å². The first-order valence-corrected chi connectivity index (χ1v) is 13.2. The molecule has 1 fully saturated rings. The Morgan fingerprint density at radius 1 is 1.14 bits per heavy atom. The van der Waals surface area contributed by atoms with E-state index >= 15 is 0 Å². The highest BCUT2D eigenvalue weighted by atomic mass is 32.2. The van der Waals surface area contributed by atoms with Gasteiger partial charge in [-0.15, -0.1) is 10.2 Å². The summed E-state index contributed by atoms with van der Waals surface area (Å²) >= 11 is 0. The summed E-state index contributed by atoms with van der Waals surface area (Å²) in [6, 6.07) is 12.3. The molecule has 0 amide bonds. The average molecular weight is 517 g/mol. The third-order valence-electron chi connectivity index (χ3n) is 6.44. The number of halogens is 2. The fourth-order valence-corrected chi connectivity index (χ4v) is 6.35. The minimum Gasteiger partial charge on any atom is -0.415 e. The van der Waals surface area contributed by atoms with E-state index in [0.29, 0.717) is 35.4 Å². The molecule has 0 bridgehead atoms. The number of nitrogens with zero attached hydrogens (tertiary/aromatic N) is 6. The summed E-state index contributed by atoms with van der Waals surface area (Å²) in [6.45, 7) is 4.56. The lowest BCUT2D eigenvalue weighted by molar-refractivity contribution is 0.116. The minimum absolute atomic E-state index is 0.0377. The molecule has 0 aliphatic carbocycles. The van der Waals surface area contributed by atoms with Gasteiger partial charge in [0.05, 0.1) is 23.2 Å². The molecule has 36 heavy (non-hydrogen) atoms. The molecule has 1 aromatic carbocycles. The maximum Gasteiger partial charge on any atom is 0.314 e. The van der Waals surface area contributed by atoms with Crippen molar-refractivity contribution in [3.8, 4) is 11.5 Å². The van der Waals surface area contributed by atoms with Crippen LogP contribution in [0.1, 0.15) is 37.8 Å². The Morgan fingerprint density at radius 3 is 2.56 bits per heavy atom. The fourth-order valence-electron chi connectivity index (χ4n) is 4.46. The van der Waals surface area contributed by atoms with Gasteiger partial charge in [-0.05, 0) is 56.7 Å². The maximum absolute atomic E-state index is 13.8. The van der Waals surface area contributed by atoms with Gasteiger partial charge in [0.15, 0.2) is 0 Å². The summed E-state index contributed by atoms with van der Waals surface area (Å²) in [4.78, 5) is 6.86. The maximum atomic E-state index is 13.8. The highest BCUT2D eigenvalue weighted by Crippen LogP contribution is 2.29. The number of imidazole rings is 1. The van der Waals surface area contributed by atoms with Crippen molar-refractivity contribution in [2.45, 2.75) is 38.0 Å². The molecular formula is C24H26F2N6O3S. The number of para-hydroxylation sites is 1. The first kappa shape index (κ1) is 24.3. The summed E-state index contributed by atoms with van der Waals surface area (Å²) in [5.41, 5.74) is 2.07. The smallest absolute Gasteiger partial charge is 0.314 e. The normalized spacial score (nSPS) is 15.7. The predicted octanol–water partition coefficient (Wildman–Crippen LogP) is 4.14. The Morgan fingerprint density at radius 2 is 1.89 bits per heavy atom.